The molecule has 0 saturated carbocycles. The Morgan fingerprint density at radius 1 is 1.11 bits per heavy atom. The second kappa shape index (κ2) is 6.03. The molecule has 0 aliphatic heterocycles. The third-order valence-corrected chi connectivity index (χ3v) is 5.77. The molecule has 19 heavy (non-hydrogen) atoms. The molecule has 0 spiro atoms. The average molecular weight is 284 g/mol. The third-order valence-electron chi connectivity index (χ3n) is 3.64. The zero-order chi connectivity index (χ0) is 14.8. The van der Waals surface area contributed by atoms with E-state index in [1.807, 2.05) is 40.8 Å². The van der Waals surface area contributed by atoms with Gasteiger partial charge in [-0.25, -0.2) is 8.42 Å². The van der Waals surface area contributed by atoms with Gasteiger partial charge in [0.05, 0.1) is 4.90 Å². The van der Waals surface area contributed by atoms with E-state index in [-0.39, 0.29) is 0 Å². The minimum atomic E-state index is -3.42. The van der Waals surface area contributed by atoms with Crippen molar-refractivity contribution in [2.24, 2.45) is 0 Å². The van der Waals surface area contributed by atoms with Gasteiger partial charge in [-0.2, -0.15) is 4.31 Å². The molecule has 0 heterocycles. The van der Waals surface area contributed by atoms with Gasteiger partial charge in [-0.3, -0.25) is 0 Å². The Labute approximate surface area is 116 Å². The van der Waals surface area contributed by atoms with Crippen LogP contribution in [0.4, 0.5) is 0 Å². The second-order valence-electron chi connectivity index (χ2n) is 5.02. The van der Waals surface area contributed by atoms with E-state index in [2.05, 4.69) is 5.32 Å². The first-order chi connectivity index (χ1) is 8.73. The fourth-order valence-corrected chi connectivity index (χ4v) is 3.85. The number of aryl methyl sites for hydroxylation is 2. The highest BCUT2D eigenvalue weighted by molar-refractivity contribution is 7.89. The zero-order valence-electron chi connectivity index (χ0n) is 12.7. The normalized spacial score (nSPS) is 12.2. The Morgan fingerprint density at radius 3 is 2.00 bits per heavy atom. The molecule has 0 saturated heterocycles. The van der Waals surface area contributed by atoms with Crippen molar-refractivity contribution in [1.82, 2.24) is 9.62 Å². The van der Waals surface area contributed by atoms with E-state index in [4.69, 9.17) is 0 Å². The summed E-state index contributed by atoms with van der Waals surface area (Å²) in [6, 6.07) is 2.04. The van der Waals surface area contributed by atoms with Gasteiger partial charge in [-0.15, -0.1) is 0 Å². The number of sulfonamides is 1. The van der Waals surface area contributed by atoms with Crippen LogP contribution in [0.1, 0.15) is 22.3 Å². The summed E-state index contributed by atoms with van der Waals surface area (Å²) in [5, 5.41) is 2.97. The fourth-order valence-electron chi connectivity index (χ4n) is 2.11. The fraction of sp³-hybridized carbons (Fsp3) is 0.571. The third kappa shape index (κ3) is 3.16. The van der Waals surface area contributed by atoms with Crippen LogP contribution in [0.15, 0.2) is 11.0 Å². The van der Waals surface area contributed by atoms with Crippen molar-refractivity contribution < 1.29 is 8.42 Å². The Morgan fingerprint density at radius 2 is 1.58 bits per heavy atom. The first-order valence-electron chi connectivity index (χ1n) is 6.41. The molecule has 0 aromatic heterocycles. The Bertz CT molecular complexity index is 539. The number of hydrogen-bond donors (Lipinski definition) is 1. The zero-order valence-corrected chi connectivity index (χ0v) is 13.5. The van der Waals surface area contributed by atoms with Crippen LogP contribution in [-0.4, -0.2) is 39.9 Å². The largest absolute Gasteiger partial charge is 0.318 e. The number of nitrogens with one attached hydrogen (secondary N) is 1. The molecular weight excluding hydrogens is 260 g/mol. The van der Waals surface area contributed by atoms with Crippen LogP contribution in [0.2, 0.25) is 0 Å². The number of benzene rings is 1. The lowest BCUT2D eigenvalue weighted by Crippen LogP contribution is -2.33. The van der Waals surface area contributed by atoms with Gasteiger partial charge in [0.2, 0.25) is 10.0 Å². The number of rotatable bonds is 5. The molecule has 4 nitrogen and oxygen atoms in total. The van der Waals surface area contributed by atoms with Crippen molar-refractivity contribution in [3.8, 4) is 0 Å². The van der Waals surface area contributed by atoms with Crippen molar-refractivity contribution in [3.05, 3.63) is 28.3 Å². The van der Waals surface area contributed by atoms with Crippen LogP contribution >= 0.6 is 0 Å². The van der Waals surface area contributed by atoms with Crippen LogP contribution in [0.25, 0.3) is 0 Å². The first kappa shape index (κ1) is 16.1. The Hall–Kier alpha value is -0.910. The lowest BCUT2D eigenvalue weighted by Gasteiger charge is -2.22. The van der Waals surface area contributed by atoms with Crippen LogP contribution in [-0.2, 0) is 10.0 Å². The molecule has 0 bridgehead atoms. The smallest absolute Gasteiger partial charge is 0.243 e. The Kier molecular flexibility index (Phi) is 5.12. The average Bonchev–Trinajstić information content (AvgIpc) is 2.33. The summed E-state index contributed by atoms with van der Waals surface area (Å²) in [6.07, 6.45) is 0. The minimum absolute atomic E-state index is 0.462. The minimum Gasteiger partial charge on any atom is -0.318 e. The van der Waals surface area contributed by atoms with Crippen LogP contribution < -0.4 is 5.32 Å². The van der Waals surface area contributed by atoms with E-state index < -0.39 is 10.0 Å². The van der Waals surface area contributed by atoms with Crippen LogP contribution in [0, 0.1) is 27.7 Å². The van der Waals surface area contributed by atoms with Gasteiger partial charge in [0, 0.05) is 20.1 Å². The predicted octanol–water partition coefficient (Wildman–Crippen LogP) is 1.76. The number of hydrogen-bond acceptors (Lipinski definition) is 3. The summed E-state index contributed by atoms with van der Waals surface area (Å²) in [7, 11) is 0.0172. The maximum Gasteiger partial charge on any atom is 0.243 e. The summed E-state index contributed by atoms with van der Waals surface area (Å²) < 4.78 is 26.8. The maximum absolute atomic E-state index is 12.7. The predicted molar refractivity (Wildman–Crippen MR) is 79.1 cm³/mol. The molecule has 1 N–H and O–H groups in total. The van der Waals surface area contributed by atoms with Gasteiger partial charge in [0.15, 0.2) is 0 Å². The van der Waals surface area contributed by atoms with Crippen LogP contribution in [0.5, 0.6) is 0 Å². The second-order valence-corrected chi connectivity index (χ2v) is 7.00. The van der Waals surface area contributed by atoms with Gasteiger partial charge in [0.25, 0.3) is 0 Å². The van der Waals surface area contributed by atoms with Gasteiger partial charge in [-0.05, 0) is 57.0 Å². The lowest BCUT2D eigenvalue weighted by molar-refractivity contribution is 0.465. The van der Waals surface area contributed by atoms with Gasteiger partial charge < -0.3 is 5.32 Å². The number of nitrogens with zero attached hydrogens (tertiary/aromatic N) is 1. The number of likely N-dealkylation sites (N-methyl/N-ethyl adjacent to an activating group) is 2. The lowest BCUT2D eigenvalue weighted by atomic mass is 10.0. The molecule has 0 aliphatic carbocycles. The van der Waals surface area contributed by atoms with Gasteiger partial charge in [-0.1, -0.05) is 6.07 Å². The molecule has 1 aromatic carbocycles. The summed E-state index contributed by atoms with van der Waals surface area (Å²) in [4.78, 5) is 0.462. The quantitative estimate of drug-likeness (QED) is 0.896. The van der Waals surface area contributed by atoms with Crippen molar-refractivity contribution in [1.29, 1.82) is 0 Å². The van der Waals surface area contributed by atoms with E-state index in [9.17, 15) is 8.42 Å². The van der Waals surface area contributed by atoms with Crippen molar-refractivity contribution >= 4 is 10.0 Å². The molecule has 0 fully saturated rings. The molecule has 1 aromatic rings. The molecule has 108 valence electrons. The molecule has 5 heteroatoms. The maximum atomic E-state index is 12.7. The first-order valence-corrected chi connectivity index (χ1v) is 7.85. The summed E-state index contributed by atoms with van der Waals surface area (Å²) >= 11 is 0. The highest BCUT2D eigenvalue weighted by Crippen LogP contribution is 2.27. The van der Waals surface area contributed by atoms with E-state index in [1.54, 1.807) is 7.05 Å². The molecular formula is C14H24N2O2S. The monoisotopic (exact) mass is 284 g/mol. The topological polar surface area (TPSA) is 49.4 Å². The molecule has 0 atom stereocenters. The molecule has 1 rings (SSSR count). The van der Waals surface area contributed by atoms with E-state index in [0.29, 0.717) is 18.0 Å². The van der Waals surface area contributed by atoms with E-state index >= 15 is 0 Å². The molecule has 0 radical (unpaired) electrons. The highest BCUT2D eigenvalue weighted by Gasteiger charge is 2.26. The molecule has 0 unspecified atom stereocenters. The van der Waals surface area contributed by atoms with Gasteiger partial charge >= 0.3 is 0 Å². The SMILES string of the molecule is CNCCN(C)S(=O)(=O)c1c(C)c(C)cc(C)c1C. The summed E-state index contributed by atoms with van der Waals surface area (Å²) in [5.74, 6) is 0. The Balaban J connectivity index is 3.37. The molecule has 0 aliphatic rings. The highest BCUT2D eigenvalue weighted by atomic mass is 32.2. The van der Waals surface area contributed by atoms with Crippen molar-refractivity contribution in [2.45, 2.75) is 32.6 Å². The molecule has 0 amide bonds. The van der Waals surface area contributed by atoms with E-state index in [1.165, 1.54) is 4.31 Å². The standard InChI is InChI=1S/C14H24N2O2S/c1-10-9-11(2)13(4)14(12(10)3)19(17,18)16(6)8-7-15-5/h9,15H,7-8H2,1-6H3. The van der Waals surface area contributed by atoms with Crippen molar-refractivity contribution in [3.63, 3.8) is 0 Å². The van der Waals surface area contributed by atoms with Crippen molar-refractivity contribution in [2.75, 3.05) is 27.2 Å². The van der Waals surface area contributed by atoms with Gasteiger partial charge in [0.1, 0.15) is 0 Å². The summed E-state index contributed by atoms with van der Waals surface area (Å²) in [5.41, 5.74) is 3.73. The summed E-state index contributed by atoms with van der Waals surface area (Å²) in [6.45, 7) is 8.76. The van der Waals surface area contributed by atoms with E-state index in [0.717, 1.165) is 22.3 Å². The van der Waals surface area contributed by atoms with Crippen LogP contribution in [0.3, 0.4) is 0 Å².